The Balaban J connectivity index is 1.61. The van der Waals surface area contributed by atoms with E-state index in [1.807, 2.05) is 39.0 Å². The first-order valence-electron chi connectivity index (χ1n) is 12.2. The maximum atomic E-state index is 13.7. The third kappa shape index (κ3) is 5.42. The van der Waals surface area contributed by atoms with Crippen LogP contribution in [0.4, 0.5) is 16.3 Å². The molecule has 1 aliphatic heterocycles. The summed E-state index contributed by atoms with van der Waals surface area (Å²) >= 11 is 0. The Hall–Kier alpha value is -4.34. The number of β-lactam (4-membered cyclic amide) rings is 1. The van der Waals surface area contributed by atoms with Gasteiger partial charge in [0, 0.05) is 42.7 Å². The first-order valence-corrected chi connectivity index (χ1v) is 12.2. The van der Waals surface area contributed by atoms with Gasteiger partial charge in [-0.3, -0.25) is 24.5 Å². The number of nitrogens with one attached hydrogen (secondary N) is 1. The van der Waals surface area contributed by atoms with Crippen molar-refractivity contribution in [3.63, 3.8) is 0 Å². The first kappa shape index (κ1) is 25.7. The largest absolute Gasteiger partial charge is 0.384 e. The molecule has 2 unspecified atom stereocenters. The Kier molecular flexibility index (Phi) is 7.47. The molecule has 0 aliphatic carbocycles. The summed E-state index contributed by atoms with van der Waals surface area (Å²) in [6, 6.07) is 8.73. The predicted molar refractivity (Wildman–Crippen MR) is 139 cm³/mol. The van der Waals surface area contributed by atoms with Crippen molar-refractivity contribution in [2.75, 3.05) is 17.7 Å². The number of aryl methyl sites for hydroxylation is 2. The number of rotatable bonds is 7. The van der Waals surface area contributed by atoms with Gasteiger partial charge >= 0.3 is 6.03 Å². The zero-order valence-electron chi connectivity index (χ0n) is 21.4. The number of nitrogen functional groups attached to an aromatic ring is 1. The number of aromatic nitrogens is 3. The van der Waals surface area contributed by atoms with Gasteiger partial charge in [0.05, 0.1) is 12.0 Å². The normalized spacial score (nSPS) is 17.6. The molecule has 10 heteroatoms. The molecule has 10 nitrogen and oxygen atoms in total. The molecule has 1 aliphatic rings. The van der Waals surface area contributed by atoms with Gasteiger partial charge in [0.2, 0.25) is 5.91 Å². The summed E-state index contributed by atoms with van der Waals surface area (Å²) in [7, 11) is 1.62. The molecule has 3 atom stereocenters. The number of likely N-dealkylation sites (N-methyl/N-ethyl adjacent to an activating group) is 1. The SMILES string of the molecule is CCC(NC(=O)N1C(=O)[C@H](Cc2cc(C)nc(N)c2)C1C(=O)N(C)c1ccncc1)c1ccc(C)nc1. The second-order valence-corrected chi connectivity index (χ2v) is 9.25. The van der Waals surface area contributed by atoms with E-state index in [1.165, 1.54) is 4.90 Å². The van der Waals surface area contributed by atoms with Crippen LogP contribution in [0.15, 0.2) is 55.0 Å². The number of amides is 4. The van der Waals surface area contributed by atoms with Crippen LogP contribution < -0.4 is 16.0 Å². The number of pyridine rings is 3. The van der Waals surface area contributed by atoms with Gasteiger partial charge in [0.25, 0.3) is 5.91 Å². The van der Waals surface area contributed by atoms with Gasteiger partial charge in [0.15, 0.2) is 0 Å². The summed E-state index contributed by atoms with van der Waals surface area (Å²) in [5, 5.41) is 2.92. The molecule has 0 radical (unpaired) electrons. The van der Waals surface area contributed by atoms with Crippen molar-refractivity contribution in [2.24, 2.45) is 5.92 Å². The van der Waals surface area contributed by atoms with Crippen molar-refractivity contribution in [3.05, 3.63) is 77.5 Å². The molecule has 4 rings (SSSR count). The van der Waals surface area contributed by atoms with Crippen LogP contribution in [0, 0.1) is 19.8 Å². The molecule has 192 valence electrons. The van der Waals surface area contributed by atoms with Crippen LogP contribution in [-0.4, -0.2) is 50.8 Å². The maximum Gasteiger partial charge on any atom is 0.325 e. The lowest BCUT2D eigenvalue weighted by molar-refractivity contribution is -0.156. The number of carbonyl (C=O) groups is 3. The van der Waals surface area contributed by atoms with E-state index in [1.54, 1.807) is 43.8 Å². The molecule has 3 N–H and O–H groups in total. The van der Waals surface area contributed by atoms with E-state index < -0.39 is 23.9 Å². The molecule has 3 aromatic heterocycles. The minimum Gasteiger partial charge on any atom is -0.384 e. The van der Waals surface area contributed by atoms with Gasteiger partial charge < -0.3 is 16.0 Å². The summed E-state index contributed by atoms with van der Waals surface area (Å²) in [6.07, 6.45) is 5.72. The number of hydrogen-bond acceptors (Lipinski definition) is 7. The van der Waals surface area contributed by atoms with E-state index in [2.05, 4.69) is 20.3 Å². The Labute approximate surface area is 215 Å². The minimum atomic E-state index is -0.978. The maximum absolute atomic E-state index is 13.7. The van der Waals surface area contributed by atoms with Gasteiger partial charge in [-0.05, 0) is 68.1 Å². The van der Waals surface area contributed by atoms with Crippen molar-refractivity contribution in [1.29, 1.82) is 0 Å². The fraction of sp³-hybridized carbons (Fsp3) is 0.333. The highest BCUT2D eigenvalue weighted by Gasteiger charge is 2.55. The number of carbonyl (C=O) groups excluding carboxylic acids is 3. The van der Waals surface area contributed by atoms with E-state index >= 15 is 0 Å². The molecule has 0 spiro atoms. The average molecular weight is 502 g/mol. The van der Waals surface area contributed by atoms with Crippen molar-refractivity contribution in [2.45, 2.75) is 45.7 Å². The third-order valence-corrected chi connectivity index (χ3v) is 6.60. The smallest absolute Gasteiger partial charge is 0.325 e. The van der Waals surface area contributed by atoms with Crippen molar-refractivity contribution in [1.82, 2.24) is 25.2 Å². The second kappa shape index (κ2) is 10.7. The Morgan fingerprint density at radius 2 is 1.86 bits per heavy atom. The van der Waals surface area contributed by atoms with Crippen LogP contribution in [0.3, 0.4) is 0 Å². The Morgan fingerprint density at radius 3 is 2.49 bits per heavy atom. The van der Waals surface area contributed by atoms with Crippen LogP contribution in [-0.2, 0) is 16.0 Å². The number of urea groups is 1. The molecular formula is C27H31N7O3. The molecule has 4 amide bonds. The topological polar surface area (TPSA) is 134 Å². The zero-order valence-corrected chi connectivity index (χ0v) is 21.4. The molecular weight excluding hydrogens is 470 g/mol. The number of nitrogens with two attached hydrogens (primary N) is 1. The molecule has 0 saturated carbocycles. The molecule has 1 fully saturated rings. The molecule has 37 heavy (non-hydrogen) atoms. The number of likely N-dealkylation sites (tertiary alicyclic amines) is 1. The molecule has 3 aromatic rings. The molecule has 0 aromatic carbocycles. The second-order valence-electron chi connectivity index (χ2n) is 9.25. The van der Waals surface area contributed by atoms with E-state index in [9.17, 15) is 14.4 Å². The average Bonchev–Trinajstić information content (AvgIpc) is 2.88. The molecule has 0 bridgehead atoms. The highest BCUT2D eigenvalue weighted by Crippen LogP contribution is 2.33. The fourth-order valence-electron chi connectivity index (χ4n) is 4.61. The van der Waals surface area contributed by atoms with E-state index in [0.717, 1.165) is 21.7 Å². The van der Waals surface area contributed by atoms with E-state index in [-0.39, 0.29) is 18.4 Å². The van der Waals surface area contributed by atoms with Gasteiger partial charge in [-0.1, -0.05) is 13.0 Å². The molecule has 4 heterocycles. The third-order valence-electron chi connectivity index (χ3n) is 6.60. The minimum absolute atomic E-state index is 0.260. The standard InChI is InChI=1S/C27H31N7O3/c1-5-22(19-7-6-16(2)30-15-19)32-27(37)34-24(26(36)33(4)20-8-10-29-11-9-20)21(25(34)35)13-18-12-17(3)31-23(28)14-18/h6-12,14-15,21-22,24H,5,13H2,1-4H3,(H2,28,31)(H,32,37)/t21-,22?,24?/m1/s1. The fourth-order valence-corrected chi connectivity index (χ4v) is 4.61. The van der Waals surface area contributed by atoms with Crippen molar-refractivity contribution in [3.8, 4) is 0 Å². The summed E-state index contributed by atoms with van der Waals surface area (Å²) in [5.41, 5.74) is 9.70. The lowest BCUT2D eigenvalue weighted by atomic mass is 9.81. The van der Waals surface area contributed by atoms with Gasteiger partial charge in [-0.15, -0.1) is 0 Å². The Morgan fingerprint density at radius 1 is 1.14 bits per heavy atom. The van der Waals surface area contributed by atoms with Crippen LogP contribution >= 0.6 is 0 Å². The van der Waals surface area contributed by atoms with Crippen LogP contribution in [0.5, 0.6) is 0 Å². The predicted octanol–water partition coefficient (Wildman–Crippen LogP) is 2.96. The monoisotopic (exact) mass is 501 g/mol. The number of nitrogens with zero attached hydrogens (tertiary/aromatic N) is 5. The quantitative estimate of drug-likeness (QED) is 0.475. The summed E-state index contributed by atoms with van der Waals surface area (Å²) < 4.78 is 0. The lowest BCUT2D eigenvalue weighted by Crippen LogP contribution is -2.70. The zero-order chi connectivity index (χ0) is 26.7. The number of anilines is 2. The van der Waals surface area contributed by atoms with E-state index in [0.29, 0.717) is 23.6 Å². The van der Waals surface area contributed by atoms with Gasteiger partial charge in [-0.2, -0.15) is 0 Å². The van der Waals surface area contributed by atoms with Crippen LogP contribution in [0.1, 0.15) is 41.9 Å². The summed E-state index contributed by atoms with van der Waals surface area (Å²) in [6.45, 7) is 5.63. The first-order chi connectivity index (χ1) is 17.7. The highest BCUT2D eigenvalue weighted by molar-refractivity contribution is 6.12. The van der Waals surface area contributed by atoms with Gasteiger partial charge in [0.1, 0.15) is 11.9 Å². The van der Waals surface area contributed by atoms with Crippen molar-refractivity contribution < 1.29 is 14.4 Å². The summed E-state index contributed by atoms with van der Waals surface area (Å²) in [5.74, 6) is -1.16. The number of imide groups is 1. The number of hydrogen-bond donors (Lipinski definition) is 2. The highest BCUT2D eigenvalue weighted by atomic mass is 16.2. The van der Waals surface area contributed by atoms with Crippen LogP contribution in [0.2, 0.25) is 0 Å². The van der Waals surface area contributed by atoms with E-state index in [4.69, 9.17) is 5.73 Å². The summed E-state index contributed by atoms with van der Waals surface area (Å²) in [4.78, 5) is 55.3. The van der Waals surface area contributed by atoms with Crippen LogP contribution in [0.25, 0.3) is 0 Å². The van der Waals surface area contributed by atoms with Crippen molar-refractivity contribution >= 4 is 29.4 Å². The Bertz CT molecular complexity index is 1280. The molecule has 1 saturated heterocycles. The lowest BCUT2D eigenvalue weighted by Gasteiger charge is -2.46. The van der Waals surface area contributed by atoms with Gasteiger partial charge in [-0.25, -0.2) is 9.78 Å².